The van der Waals surface area contributed by atoms with Crippen molar-refractivity contribution < 1.29 is 9.53 Å². The number of hydrogen-bond donors (Lipinski definition) is 2. The number of amides is 1. The van der Waals surface area contributed by atoms with Crippen molar-refractivity contribution >= 4 is 5.91 Å². The summed E-state index contributed by atoms with van der Waals surface area (Å²) in [5.74, 6) is 0.649. The molecule has 1 heterocycles. The fraction of sp³-hybridized carbons (Fsp3) is 0.636. The zero-order chi connectivity index (χ0) is 12.0. The van der Waals surface area contributed by atoms with Gasteiger partial charge in [-0.15, -0.1) is 0 Å². The average Bonchev–Trinajstić information content (AvgIpc) is 2.65. The van der Waals surface area contributed by atoms with E-state index in [4.69, 9.17) is 4.74 Å². The Kier molecular flexibility index (Phi) is 4.98. The van der Waals surface area contributed by atoms with Crippen molar-refractivity contribution in [2.24, 2.45) is 0 Å². The first-order valence-corrected chi connectivity index (χ1v) is 5.52. The Morgan fingerprint density at radius 3 is 3.00 bits per heavy atom. The Hall–Kier alpha value is -1.36. The zero-order valence-corrected chi connectivity index (χ0v) is 10.0. The van der Waals surface area contributed by atoms with Gasteiger partial charge in [0.1, 0.15) is 12.4 Å². The monoisotopic (exact) mass is 225 g/mol. The molecule has 5 nitrogen and oxygen atoms in total. The van der Waals surface area contributed by atoms with Crippen molar-refractivity contribution in [3.63, 3.8) is 0 Å². The largest absolute Gasteiger partial charge is 0.372 e. The SMILES string of the molecule is CCCOCC(=O)N[C@H](C)c1ncc(C)[nH]1. The fourth-order valence-electron chi connectivity index (χ4n) is 1.31. The van der Waals surface area contributed by atoms with Gasteiger partial charge in [0.05, 0.1) is 6.04 Å². The lowest BCUT2D eigenvalue weighted by Gasteiger charge is -2.11. The summed E-state index contributed by atoms with van der Waals surface area (Å²) in [7, 11) is 0. The maximum absolute atomic E-state index is 11.4. The highest BCUT2D eigenvalue weighted by atomic mass is 16.5. The normalized spacial score (nSPS) is 12.4. The Balaban J connectivity index is 2.33. The third-order valence-corrected chi connectivity index (χ3v) is 2.09. The van der Waals surface area contributed by atoms with E-state index < -0.39 is 0 Å². The van der Waals surface area contributed by atoms with Crippen LogP contribution in [0.1, 0.15) is 37.8 Å². The molecule has 1 aromatic rings. The van der Waals surface area contributed by atoms with Crippen LogP contribution in [0, 0.1) is 6.92 Å². The molecule has 0 spiro atoms. The number of aromatic amines is 1. The van der Waals surface area contributed by atoms with Gasteiger partial charge in [-0.05, 0) is 20.3 Å². The number of nitrogens with zero attached hydrogens (tertiary/aromatic N) is 1. The Morgan fingerprint density at radius 1 is 1.69 bits per heavy atom. The van der Waals surface area contributed by atoms with Crippen molar-refractivity contribution in [3.8, 4) is 0 Å². The first-order valence-electron chi connectivity index (χ1n) is 5.52. The van der Waals surface area contributed by atoms with Gasteiger partial charge in [-0.2, -0.15) is 0 Å². The smallest absolute Gasteiger partial charge is 0.246 e. The molecule has 0 saturated carbocycles. The molecule has 90 valence electrons. The molecule has 0 aliphatic heterocycles. The Morgan fingerprint density at radius 2 is 2.44 bits per heavy atom. The number of aromatic nitrogens is 2. The van der Waals surface area contributed by atoms with Gasteiger partial charge in [-0.3, -0.25) is 4.79 Å². The lowest BCUT2D eigenvalue weighted by molar-refractivity contribution is -0.126. The van der Waals surface area contributed by atoms with Crippen molar-refractivity contribution in [2.45, 2.75) is 33.2 Å². The summed E-state index contributed by atoms with van der Waals surface area (Å²) < 4.78 is 5.14. The van der Waals surface area contributed by atoms with Gasteiger partial charge in [-0.1, -0.05) is 6.92 Å². The molecule has 16 heavy (non-hydrogen) atoms. The van der Waals surface area contributed by atoms with E-state index in [2.05, 4.69) is 15.3 Å². The van der Waals surface area contributed by atoms with E-state index in [1.54, 1.807) is 6.20 Å². The number of carbonyl (C=O) groups excluding carboxylic acids is 1. The van der Waals surface area contributed by atoms with Crippen molar-refractivity contribution in [3.05, 3.63) is 17.7 Å². The van der Waals surface area contributed by atoms with Gasteiger partial charge < -0.3 is 15.0 Å². The van der Waals surface area contributed by atoms with E-state index in [-0.39, 0.29) is 18.6 Å². The predicted octanol–water partition coefficient (Wildman–Crippen LogP) is 1.32. The van der Waals surface area contributed by atoms with E-state index in [0.29, 0.717) is 6.61 Å². The highest BCUT2D eigenvalue weighted by molar-refractivity contribution is 5.77. The van der Waals surface area contributed by atoms with Crippen molar-refractivity contribution in [2.75, 3.05) is 13.2 Å². The highest BCUT2D eigenvalue weighted by Crippen LogP contribution is 2.06. The van der Waals surface area contributed by atoms with Crippen LogP contribution >= 0.6 is 0 Å². The summed E-state index contributed by atoms with van der Waals surface area (Å²) in [5, 5.41) is 2.81. The van der Waals surface area contributed by atoms with Gasteiger partial charge in [0, 0.05) is 18.5 Å². The van der Waals surface area contributed by atoms with E-state index in [9.17, 15) is 4.79 Å². The number of rotatable bonds is 6. The molecule has 0 radical (unpaired) electrons. The van der Waals surface area contributed by atoms with Crippen molar-refractivity contribution in [1.82, 2.24) is 15.3 Å². The molecular weight excluding hydrogens is 206 g/mol. The molecule has 0 aliphatic rings. The summed E-state index contributed by atoms with van der Waals surface area (Å²) in [6, 6.07) is -0.119. The number of hydrogen-bond acceptors (Lipinski definition) is 3. The zero-order valence-electron chi connectivity index (χ0n) is 10.0. The molecule has 0 aromatic carbocycles. The van der Waals surface area contributed by atoms with Gasteiger partial charge in [0.25, 0.3) is 0 Å². The predicted molar refractivity (Wildman–Crippen MR) is 61.0 cm³/mol. The average molecular weight is 225 g/mol. The molecule has 1 aromatic heterocycles. The molecule has 0 unspecified atom stereocenters. The quantitative estimate of drug-likeness (QED) is 0.717. The number of nitrogens with one attached hydrogen (secondary N) is 2. The summed E-state index contributed by atoms with van der Waals surface area (Å²) in [5.41, 5.74) is 0.985. The van der Waals surface area contributed by atoms with E-state index in [1.807, 2.05) is 20.8 Å². The number of carbonyl (C=O) groups is 1. The summed E-state index contributed by atoms with van der Waals surface area (Å²) in [4.78, 5) is 18.7. The number of aryl methyl sites for hydroxylation is 1. The summed E-state index contributed by atoms with van der Waals surface area (Å²) in [6.07, 6.45) is 2.66. The standard InChI is InChI=1S/C11H19N3O2/c1-4-5-16-7-10(15)14-9(3)11-12-6-8(2)13-11/h6,9H,4-5,7H2,1-3H3,(H,12,13)(H,14,15)/t9-/m1/s1. The molecule has 5 heteroatoms. The summed E-state index contributed by atoms with van der Waals surface area (Å²) in [6.45, 7) is 6.54. The first kappa shape index (κ1) is 12.7. The Labute approximate surface area is 95.6 Å². The topological polar surface area (TPSA) is 67.0 Å². The second kappa shape index (κ2) is 6.27. The van der Waals surface area contributed by atoms with E-state index in [0.717, 1.165) is 17.9 Å². The maximum Gasteiger partial charge on any atom is 0.246 e. The third kappa shape index (κ3) is 4.02. The molecule has 0 aliphatic carbocycles. The minimum atomic E-state index is -0.119. The summed E-state index contributed by atoms with van der Waals surface area (Å²) >= 11 is 0. The van der Waals surface area contributed by atoms with Crippen molar-refractivity contribution in [1.29, 1.82) is 0 Å². The van der Waals surface area contributed by atoms with E-state index >= 15 is 0 Å². The molecule has 0 bridgehead atoms. The third-order valence-electron chi connectivity index (χ3n) is 2.09. The molecule has 0 saturated heterocycles. The number of imidazole rings is 1. The molecule has 2 N–H and O–H groups in total. The van der Waals surface area contributed by atoms with Gasteiger partial charge in [0.2, 0.25) is 5.91 Å². The minimum absolute atomic E-state index is 0.109. The van der Waals surface area contributed by atoms with Crippen LogP contribution in [-0.4, -0.2) is 29.1 Å². The number of H-pyrrole nitrogens is 1. The van der Waals surface area contributed by atoms with Crippen LogP contribution in [0.25, 0.3) is 0 Å². The second-order valence-electron chi connectivity index (χ2n) is 3.79. The van der Waals surface area contributed by atoms with Crippen LogP contribution in [0.5, 0.6) is 0 Å². The van der Waals surface area contributed by atoms with Crippen LogP contribution in [0.15, 0.2) is 6.20 Å². The minimum Gasteiger partial charge on any atom is -0.372 e. The van der Waals surface area contributed by atoms with Gasteiger partial charge in [-0.25, -0.2) is 4.98 Å². The lowest BCUT2D eigenvalue weighted by atomic mass is 10.3. The molecule has 1 atom stereocenters. The second-order valence-corrected chi connectivity index (χ2v) is 3.79. The van der Waals surface area contributed by atoms with Crippen LogP contribution in [0.4, 0.5) is 0 Å². The highest BCUT2D eigenvalue weighted by Gasteiger charge is 2.11. The first-order chi connectivity index (χ1) is 7.63. The van der Waals surface area contributed by atoms with Crippen LogP contribution in [0.2, 0.25) is 0 Å². The van der Waals surface area contributed by atoms with Crippen LogP contribution in [-0.2, 0) is 9.53 Å². The fourth-order valence-corrected chi connectivity index (χ4v) is 1.31. The van der Waals surface area contributed by atoms with Crippen LogP contribution in [0.3, 0.4) is 0 Å². The van der Waals surface area contributed by atoms with Gasteiger partial charge in [0.15, 0.2) is 0 Å². The number of ether oxygens (including phenoxy) is 1. The van der Waals surface area contributed by atoms with Crippen LogP contribution < -0.4 is 5.32 Å². The molecule has 1 amide bonds. The molecule has 1 rings (SSSR count). The van der Waals surface area contributed by atoms with Gasteiger partial charge >= 0.3 is 0 Å². The maximum atomic E-state index is 11.4. The lowest BCUT2D eigenvalue weighted by Crippen LogP contribution is -2.30. The molecular formula is C11H19N3O2. The molecule has 0 fully saturated rings. The van der Waals surface area contributed by atoms with E-state index in [1.165, 1.54) is 0 Å². The Bertz CT molecular complexity index is 336.